The van der Waals surface area contributed by atoms with Gasteiger partial charge >= 0.3 is 0 Å². The Morgan fingerprint density at radius 2 is 2.43 bits per heavy atom. The highest BCUT2D eigenvalue weighted by Gasteiger charge is 2.23. The molecular weight excluding hydrogens is 216 g/mol. The second-order valence-electron chi connectivity index (χ2n) is 3.71. The average molecular weight is 231 g/mol. The van der Waals surface area contributed by atoms with Crippen LogP contribution >= 0.6 is 22.9 Å². The SMILES string of the molecule is NCC1CCCN1Cc1ccc(Cl)s1. The van der Waals surface area contributed by atoms with E-state index in [1.165, 1.54) is 24.3 Å². The first kappa shape index (κ1) is 10.4. The molecule has 1 fully saturated rings. The molecule has 1 atom stereocenters. The number of rotatable bonds is 3. The van der Waals surface area contributed by atoms with Gasteiger partial charge < -0.3 is 5.73 Å². The van der Waals surface area contributed by atoms with E-state index in [0.29, 0.717) is 6.04 Å². The smallest absolute Gasteiger partial charge is 0.0931 e. The van der Waals surface area contributed by atoms with Gasteiger partial charge in [-0.25, -0.2) is 0 Å². The van der Waals surface area contributed by atoms with Crippen molar-refractivity contribution < 1.29 is 0 Å². The topological polar surface area (TPSA) is 29.3 Å². The third kappa shape index (κ3) is 2.28. The third-order valence-electron chi connectivity index (χ3n) is 2.76. The van der Waals surface area contributed by atoms with Crippen LogP contribution < -0.4 is 5.73 Å². The van der Waals surface area contributed by atoms with E-state index in [0.717, 1.165) is 17.4 Å². The summed E-state index contributed by atoms with van der Waals surface area (Å²) in [6, 6.07) is 4.66. The lowest BCUT2D eigenvalue weighted by atomic mass is 10.2. The molecule has 2 rings (SSSR count). The van der Waals surface area contributed by atoms with E-state index in [1.807, 2.05) is 6.07 Å². The molecule has 0 aromatic carbocycles. The largest absolute Gasteiger partial charge is 0.329 e. The summed E-state index contributed by atoms with van der Waals surface area (Å²) in [4.78, 5) is 3.80. The Morgan fingerprint density at radius 1 is 1.57 bits per heavy atom. The average Bonchev–Trinajstić information content (AvgIpc) is 2.76. The van der Waals surface area contributed by atoms with Crippen molar-refractivity contribution in [3.05, 3.63) is 21.3 Å². The minimum absolute atomic E-state index is 0.580. The number of hydrogen-bond donors (Lipinski definition) is 1. The molecule has 1 aromatic rings. The first-order valence-corrected chi connectivity index (χ1v) is 6.17. The van der Waals surface area contributed by atoms with Crippen molar-refractivity contribution in [2.24, 2.45) is 5.73 Å². The van der Waals surface area contributed by atoms with E-state index in [4.69, 9.17) is 17.3 Å². The molecule has 78 valence electrons. The summed E-state index contributed by atoms with van der Waals surface area (Å²) in [6.45, 7) is 2.97. The van der Waals surface area contributed by atoms with E-state index in [-0.39, 0.29) is 0 Å². The van der Waals surface area contributed by atoms with Crippen LogP contribution in [-0.2, 0) is 6.54 Å². The lowest BCUT2D eigenvalue weighted by molar-refractivity contribution is 0.252. The highest BCUT2D eigenvalue weighted by atomic mass is 35.5. The number of likely N-dealkylation sites (tertiary alicyclic amines) is 1. The molecule has 1 unspecified atom stereocenters. The van der Waals surface area contributed by atoms with Crippen LogP contribution in [0.2, 0.25) is 4.34 Å². The van der Waals surface area contributed by atoms with Crippen molar-refractivity contribution in [3.63, 3.8) is 0 Å². The van der Waals surface area contributed by atoms with Crippen molar-refractivity contribution in [1.29, 1.82) is 0 Å². The summed E-state index contributed by atoms with van der Waals surface area (Å²) in [5, 5.41) is 0. The lowest BCUT2D eigenvalue weighted by Gasteiger charge is -2.22. The Labute approximate surface area is 93.7 Å². The number of nitrogens with zero attached hydrogens (tertiary/aromatic N) is 1. The van der Waals surface area contributed by atoms with Crippen LogP contribution in [0.1, 0.15) is 17.7 Å². The molecule has 0 saturated carbocycles. The van der Waals surface area contributed by atoms with Gasteiger partial charge in [-0.1, -0.05) is 11.6 Å². The van der Waals surface area contributed by atoms with Crippen LogP contribution in [0.4, 0.5) is 0 Å². The van der Waals surface area contributed by atoms with Gasteiger partial charge in [-0.15, -0.1) is 11.3 Å². The molecule has 1 saturated heterocycles. The lowest BCUT2D eigenvalue weighted by Crippen LogP contribution is -2.34. The maximum atomic E-state index is 5.89. The van der Waals surface area contributed by atoms with Gasteiger partial charge in [0.1, 0.15) is 0 Å². The zero-order chi connectivity index (χ0) is 9.97. The molecular formula is C10H15ClN2S. The van der Waals surface area contributed by atoms with Gasteiger partial charge in [-0.3, -0.25) is 4.90 Å². The molecule has 4 heteroatoms. The maximum absolute atomic E-state index is 5.89. The quantitative estimate of drug-likeness (QED) is 0.864. The van der Waals surface area contributed by atoms with Crippen LogP contribution in [0.25, 0.3) is 0 Å². The van der Waals surface area contributed by atoms with E-state index in [2.05, 4.69) is 11.0 Å². The second kappa shape index (κ2) is 4.62. The molecule has 0 spiro atoms. The Morgan fingerprint density at radius 3 is 3.07 bits per heavy atom. The zero-order valence-electron chi connectivity index (χ0n) is 8.08. The van der Waals surface area contributed by atoms with Gasteiger partial charge in [0.25, 0.3) is 0 Å². The summed E-state index contributed by atoms with van der Waals surface area (Å²) in [6.07, 6.45) is 2.52. The van der Waals surface area contributed by atoms with E-state index < -0.39 is 0 Å². The molecule has 2 heterocycles. The number of nitrogens with two attached hydrogens (primary N) is 1. The van der Waals surface area contributed by atoms with Crippen molar-refractivity contribution >= 4 is 22.9 Å². The standard InChI is InChI=1S/C10H15ClN2S/c11-10-4-3-9(14-10)7-13-5-1-2-8(13)6-12/h3-4,8H,1-2,5-7,12H2. The molecule has 14 heavy (non-hydrogen) atoms. The van der Waals surface area contributed by atoms with E-state index in [9.17, 15) is 0 Å². The Hall–Kier alpha value is -0.0900. The van der Waals surface area contributed by atoms with Gasteiger partial charge in [-0.05, 0) is 31.5 Å². The predicted octanol–water partition coefficient (Wildman–Crippen LogP) is 2.32. The van der Waals surface area contributed by atoms with Gasteiger partial charge in [0.2, 0.25) is 0 Å². The third-order valence-corrected chi connectivity index (χ3v) is 3.97. The molecule has 1 aromatic heterocycles. The van der Waals surface area contributed by atoms with Crippen molar-refractivity contribution in [3.8, 4) is 0 Å². The van der Waals surface area contributed by atoms with Crippen molar-refractivity contribution in [2.45, 2.75) is 25.4 Å². The van der Waals surface area contributed by atoms with Gasteiger partial charge in [0.15, 0.2) is 0 Å². The summed E-state index contributed by atoms with van der Waals surface area (Å²) in [5.74, 6) is 0. The molecule has 1 aliphatic heterocycles. The summed E-state index contributed by atoms with van der Waals surface area (Å²) in [5.41, 5.74) is 5.72. The normalized spacial score (nSPS) is 23.1. The number of thiophene rings is 1. The number of hydrogen-bond acceptors (Lipinski definition) is 3. The molecule has 2 N–H and O–H groups in total. The summed E-state index contributed by atoms with van der Waals surface area (Å²) >= 11 is 7.56. The molecule has 0 aliphatic carbocycles. The molecule has 2 nitrogen and oxygen atoms in total. The minimum atomic E-state index is 0.580. The van der Waals surface area contributed by atoms with E-state index in [1.54, 1.807) is 11.3 Å². The van der Waals surface area contributed by atoms with Crippen molar-refractivity contribution in [1.82, 2.24) is 4.90 Å². The fourth-order valence-corrected chi connectivity index (χ4v) is 3.12. The van der Waals surface area contributed by atoms with Crippen LogP contribution in [0.5, 0.6) is 0 Å². The predicted molar refractivity (Wildman–Crippen MR) is 61.8 cm³/mol. The highest BCUT2D eigenvalue weighted by Crippen LogP contribution is 2.25. The second-order valence-corrected chi connectivity index (χ2v) is 5.51. The maximum Gasteiger partial charge on any atom is 0.0931 e. The first-order valence-electron chi connectivity index (χ1n) is 4.98. The van der Waals surface area contributed by atoms with Crippen LogP contribution in [0, 0.1) is 0 Å². The van der Waals surface area contributed by atoms with Crippen LogP contribution in [-0.4, -0.2) is 24.0 Å². The van der Waals surface area contributed by atoms with E-state index >= 15 is 0 Å². The molecule has 0 amide bonds. The molecule has 1 aliphatic rings. The zero-order valence-corrected chi connectivity index (χ0v) is 9.65. The monoisotopic (exact) mass is 230 g/mol. The summed E-state index contributed by atoms with van der Waals surface area (Å²) < 4.78 is 0.878. The molecule has 0 bridgehead atoms. The molecule has 0 radical (unpaired) electrons. The van der Waals surface area contributed by atoms with Gasteiger partial charge in [0.05, 0.1) is 4.34 Å². The minimum Gasteiger partial charge on any atom is -0.329 e. The fourth-order valence-electron chi connectivity index (χ4n) is 2.01. The fraction of sp³-hybridized carbons (Fsp3) is 0.600. The van der Waals surface area contributed by atoms with Crippen molar-refractivity contribution in [2.75, 3.05) is 13.1 Å². The Balaban J connectivity index is 1.96. The summed E-state index contributed by atoms with van der Waals surface area (Å²) in [7, 11) is 0. The van der Waals surface area contributed by atoms with Crippen LogP contribution in [0.3, 0.4) is 0 Å². The first-order chi connectivity index (χ1) is 6.79. The van der Waals surface area contributed by atoms with Crippen LogP contribution in [0.15, 0.2) is 12.1 Å². The Kier molecular flexibility index (Phi) is 3.44. The highest BCUT2D eigenvalue weighted by molar-refractivity contribution is 7.16. The van der Waals surface area contributed by atoms with Gasteiger partial charge in [-0.2, -0.15) is 0 Å². The number of halogens is 1. The Bertz CT molecular complexity index is 300. The van der Waals surface area contributed by atoms with Gasteiger partial charge in [0, 0.05) is 24.0 Å².